The molecule has 12 heteroatoms. The van der Waals surface area contributed by atoms with E-state index in [1.807, 2.05) is 45.9 Å². The molecule has 2 amide bonds. The number of ether oxygens (including phenoxy) is 1. The summed E-state index contributed by atoms with van der Waals surface area (Å²) in [6.45, 7) is 11.1. The van der Waals surface area contributed by atoms with E-state index in [-0.39, 0.29) is 42.9 Å². The highest BCUT2D eigenvalue weighted by atomic mass is 32.1. The number of H-pyrrole nitrogens is 2. The van der Waals surface area contributed by atoms with Crippen molar-refractivity contribution in [2.45, 2.75) is 58.8 Å². The number of amides is 2. The molecular formula is C33H36N4O7S. The summed E-state index contributed by atoms with van der Waals surface area (Å²) >= 11 is 4.19. The van der Waals surface area contributed by atoms with Gasteiger partial charge in [0.15, 0.2) is 11.8 Å². The van der Waals surface area contributed by atoms with Gasteiger partial charge in [-0.15, -0.1) is 0 Å². The number of carbonyl (C=O) groups is 4. The summed E-state index contributed by atoms with van der Waals surface area (Å²) in [4.78, 5) is 54.9. The van der Waals surface area contributed by atoms with E-state index in [2.05, 4.69) is 39.8 Å². The third-order valence-corrected chi connectivity index (χ3v) is 9.11. The van der Waals surface area contributed by atoms with E-state index in [0.717, 1.165) is 22.3 Å². The molecule has 3 aliphatic heterocycles. The predicted molar refractivity (Wildman–Crippen MR) is 171 cm³/mol. The molecule has 3 aliphatic rings. The highest BCUT2D eigenvalue weighted by Gasteiger charge is 2.64. The fourth-order valence-corrected chi connectivity index (χ4v) is 6.47. The number of carboxylic acids is 2. The Morgan fingerprint density at radius 1 is 1.07 bits per heavy atom. The molecule has 0 bridgehead atoms. The molecule has 4 atom stereocenters. The van der Waals surface area contributed by atoms with Crippen LogP contribution in [0.5, 0.6) is 0 Å². The maximum atomic E-state index is 12.5. The molecule has 236 valence electrons. The van der Waals surface area contributed by atoms with Gasteiger partial charge in [0.05, 0.1) is 12.1 Å². The van der Waals surface area contributed by atoms with Crippen LogP contribution in [0, 0.1) is 25.7 Å². The van der Waals surface area contributed by atoms with Crippen molar-refractivity contribution in [2.75, 3.05) is 0 Å². The van der Waals surface area contributed by atoms with E-state index < -0.39 is 23.8 Å². The Morgan fingerprint density at radius 3 is 2.42 bits per heavy atom. The molecule has 5 rings (SSSR count). The maximum absolute atomic E-state index is 12.5. The highest BCUT2D eigenvalue weighted by molar-refractivity contribution is 7.83. The molecule has 0 aromatic carbocycles. The number of carbonyl (C=O) groups excluding carboxylic acids is 2. The van der Waals surface area contributed by atoms with Gasteiger partial charge in [0, 0.05) is 46.3 Å². The normalized spacial score (nSPS) is 26.1. The van der Waals surface area contributed by atoms with Crippen LogP contribution in [0.2, 0.25) is 0 Å². The molecule has 2 aromatic rings. The number of rotatable bonds is 10. The SMILES string of the molecule is C=CC1=C(C)[C@@]2(NC1=O)O[C@@H]2c1[nH]c(/C=c2\[nH]c(/C=C3\NC(=O)[C@H](C)[C@H]3/C=C/S)c(C)\c2=C/CC(=O)O)c(CCC(=O)O)c1C. The fraction of sp³-hybridized carbons (Fsp3) is 0.333. The number of aliphatic carboxylic acids is 2. The van der Waals surface area contributed by atoms with E-state index >= 15 is 0 Å². The van der Waals surface area contributed by atoms with Crippen LogP contribution >= 0.6 is 12.6 Å². The molecule has 45 heavy (non-hydrogen) atoms. The number of carboxylic acid groups (broad SMARTS) is 2. The molecule has 2 aromatic heterocycles. The molecule has 0 aliphatic carbocycles. The van der Waals surface area contributed by atoms with Gasteiger partial charge in [-0.3, -0.25) is 19.2 Å². The van der Waals surface area contributed by atoms with Crippen LogP contribution < -0.4 is 21.2 Å². The molecule has 0 saturated carbocycles. The summed E-state index contributed by atoms with van der Waals surface area (Å²) in [6, 6.07) is 0. The van der Waals surface area contributed by atoms with Crippen molar-refractivity contribution >= 4 is 54.6 Å². The average Bonchev–Trinajstić information content (AvgIpc) is 3.24. The number of aromatic nitrogens is 2. The van der Waals surface area contributed by atoms with Crippen molar-refractivity contribution in [2.24, 2.45) is 11.8 Å². The number of aromatic amines is 2. The van der Waals surface area contributed by atoms with Crippen LogP contribution in [0.1, 0.15) is 66.6 Å². The lowest BCUT2D eigenvalue weighted by molar-refractivity contribution is -0.137. The second-order valence-corrected chi connectivity index (χ2v) is 11.9. The Kier molecular flexibility index (Phi) is 8.56. The first kappa shape index (κ1) is 31.9. The zero-order valence-corrected chi connectivity index (χ0v) is 26.3. The number of epoxide rings is 1. The summed E-state index contributed by atoms with van der Waals surface area (Å²) in [5, 5.41) is 27.6. The van der Waals surface area contributed by atoms with Gasteiger partial charge in [-0.2, -0.15) is 12.6 Å². The maximum Gasteiger partial charge on any atom is 0.307 e. The molecule has 11 nitrogen and oxygen atoms in total. The topological polar surface area (TPSA) is 177 Å². The predicted octanol–water partition coefficient (Wildman–Crippen LogP) is 2.63. The van der Waals surface area contributed by atoms with Crippen molar-refractivity contribution in [3.05, 3.63) is 85.3 Å². The Morgan fingerprint density at radius 2 is 1.80 bits per heavy atom. The van der Waals surface area contributed by atoms with Crippen molar-refractivity contribution in [1.82, 2.24) is 20.6 Å². The van der Waals surface area contributed by atoms with Gasteiger partial charge >= 0.3 is 11.9 Å². The van der Waals surface area contributed by atoms with Gasteiger partial charge in [-0.25, -0.2) is 0 Å². The van der Waals surface area contributed by atoms with E-state index in [1.54, 1.807) is 11.5 Å². The molecule has 6 N–H and O–H groups in total. The third-order valence-electron chi connectivity index (χ3n) is 8.94. The smallest absolute Gasteiger partial charge is 0.307 e. The minimum absolute atomic E-state index is 0.104. The molecule has 0 unspecified atom stereocenters. The minimum atomic E-state index is -0.999. The first-order valence-electron chi connectivity index (χ1n) is 14.6. The van der Waals surface area contributed by atoms with Crippen molar-refractivity contribution in [3.8, 4) is 0 Å². The lowest BCUT2D eigenvalue weighted by Gasteiger charge is -2.08. The highest BCUT2D eigenvalue weighted by Crippen LogP contribution is 2.56. The molecule has 5 heterocycles. The van der Waals surface area contributed by atoms with Crippen molar-refractivity contribution in [1.29, 1.82) is 0 Å². The van der Waals surface area contributed by atoms with Gasteiger partial charge in [0.1, 0.15) is 0 Å². The fourth-order valence-electron chi connectivity index (χ4n) is 6.29. The number of allylic oxidation sites excluding steroid dienone is 1. The Hall–Kier alpha value is -4.55. The molecule has 1 spiro atoms. The minimum Gasteiger partial charge on any atom is -0.481 e. The summed E-state index contributed by atoms with van der Waals surface area (Å²) in [5.41, 5.74) is 5.26. The monoisotopic (exact) mass is 632 g/mol. The Bertz CT molecular complexity index is 1860. The number of hydrogen-bond donors (Lipinski definition) is 7. The molecule has 0 radical (unpaired) electrons. The van der Waals surface area contributed by atoms with E-state index in [1.165, 1.54) is 6.08 Å². The molecule has 2 fully saturated rings. The van der Waals surface area contributed by atoms with E-state index in [0.29, 0.717) is 38.9 Å². The zero-order chi connectivity index (χ0) is 32.8. The largest absolute Gasteiger partial charge is 0.481 e. The molecular weight excluding hydrogens is 596 g/mol. The van der Waals surface area contributed by atoms with E-state index in [9.17, 15) is 29.4 Å². The summed E-state index contributed by atoms with van der Waals surface area (Å²) in [7, 11) is 0. The first-order chi connectivity index (χ1) is 21.3. The van der Waals surface area contributed by atoms with Crippen molar-refractivity contribution in [3.63, 3.8) is 0 Å². The third kappa shape index (κ3) is 5.71. The summed E-state index contributed by atoms with van der Waals surface area (Å²) in [6.07, 6.45) is 8.03. The zero-order valence-electron chi connectivity index (χ0n) is 25.4. The first-order valence-corrected chi connectivity index (χ1v) is 15.1. The van der Waals surface area contributed by atoms with Gasteiger partial charge in [-0.1, -0.05) is 31.7 Å². The standard InChI is InChI=1S/C33H36N4O7S/c1-6-19-18(5)33(37-32(19)43)30(44-33)29-16(3)21(8-10-28(40)41)25(35-29)14-24-20(7-9-27(38)39)15(2)23(34-24)13-26-22(11-12-45)17(4)31(42)36-26/h6-7,11-14,17,22,30,34-35,45H,1,8-10H2,2-5H3,(H,36,42)(H,37,43)(H,38,39)(H,40,41)/b12-11+,20-7+,24-14-,26-13-/t17-,22-,30-,33-/m1/s1. The van der Waals surface area contributed by atoms with Gasteiger partial charge in [-0.05, 0) is 72.2 Å². The van der Waals surface area contributed by atoms with Crippen LogP contribution in [0.4, 0.5) is 0 Å². The molecule has 2 saturated heterocycles. The Labute approximate surface area is 264 Å². The van der Waals surface area contributed by atoms with Crippen LogP contribution in [0.3, 0.4) is 0 Å². The van der Waals surface area contributed by atoms with Crippen molar-refractivity contribution < 1.29 is 34.1 Å². The Balaban J connectivity index is 1.65. The average molecular weight is 633 g/mol. The number of thiol groups is 1. The van der Waals surface area contributed by atoms with Crippen LogP contribution in [0.15, 0.2) is 41.0 Å². The number of nitrogens with one attached hydrogen (secondary N) is 4. The van der Waals surface area contributed by atoms with Crippen LogP contribution in [-0.4, -0.2) is 49.7 Å². The van der Waals surface area contributed by atoms with Gasteiger partial charge < -0.3 is 35.6 Å². The van der Waals surface area contributed by atoms with Crippen LogP contribution in [0.25, 0.3) is 18.2 Å². The van der Waals surface area contributed by atoms with Crippen LogP contribution in [-0.2, 0) is 30.3 Å². The quantitative estimate of drug-likeness (QED) is 0.156. The summed E-state index contributed by atoms with van der Waals surface area (Å²) in [5.74, 6) is -2.79. The lowest BCUT2D eigenvalue weighted by Crippen LogP contribution is -2.32. The lowest BCUT2D eigenvalue weighted by atomic mass is 9.94. The van der Waals surface area contributed by atoms with Gasteiger partial charge in [0.2, 0.25) is 5.91 Å². The van der Waals surface area contributed by atoms with Gasteiger partial charge in [0.25, 0.3) is 5.91 Å². The number of hydrogen-bond acceptors (Lipinski definition) is 6. The second-order valence-electron chi connectivity index (χ2n) is 11.6. The van der Waals surface area contributed by atoms with E-state index in [4.69, 9.17) is 4.74 Å². The summed E-state index contributed by atoms with van der Waals surface area (Å²) < 4.78 is 6.09. The second kappa shape index (κ2) is 12.1.